The maximum Gasteiger partial charge on any atom is 0.261 e. The molecule has 0 aliphatic rings. The molecule has 2 rings (SSSR count). The van der Waals surface area contributed by atoms with E-state index in [9.17, 15) is 17.2 Å². The molecule has 2 aromatic carbocycles. The molecule has 21 heavy (non-hydrogen) atoms. The normalized spacial score (nSPS) is 11.2. The predicted molar refractivity (Wildman–Crippen MR) is 77.9 cm³/mol. The van der Waals surface area contributed by atoms with E-state index < -0.39 is 27.3 Å². The third-order valence-electron chi connectivity index (χ3n) is 2.95. The molecular formula is C14H14F2N2O2S. The van der Waals surface area contributed by atoms with Crippen molar-refractivity contribution in [2.24, 2.45) is 0 Å². The molecule has 0 heterocycles. The van der Waals surface area contributed by atoms with Gasteiger partial charge >= 0.3 is 0 Å². The number of aryl methyl sites for hydroxylation is 1. The lowest BCUT2D eigenvalue weighted by Gasteiger charge is -2.10. The molecule has 0 saturated heterocycles. The summed E-state index contributed by atoms with van der Waals surface area (Å²) in [5, 5.41) is 2.85. The van der Waals surface area contributed by atoms with Crippen LogP contribution in [0.2, 0.25) is 0 Å². The fourth-order valence-electron chi connectivity index (χ4n) is 1.73. The summed E-state index contributed by atoms with van der Waals surface area (Å²) >= 11 is 0. The van der Waals surface area contributed by atoms with Crippen LogP contribution in [-0.2, 0) is 10.0 Å². The molecule has 112 valence electrons. The molecule has 0 atom stereocenters. The predicted octanol–water partition coefficient (Wildman–Crippen LogP) is 3.12. The lowest BCUT2D eigenvalue weighted by atomic mass is 10.2. The van der Waals surface area contributed by atoms with Crippen molar-refractivity contribution in [3.8, 4) is 0 Å². The Hall–Kier alpha value is -2.15. The third-order valence-corrected chi connectivity index (χ3v) is 4.33. The Morgan fingerprint density at radius 3 is 2.19 bits per heavy atom. The fourth-order valence-corrected chi connectivity index (χ4v) is 2.79. The van der Waals surface area contributed by atoms with Crippen molar-refractivity contribution in [2.45, 2.75) is 11.8 Å². The quantitative estimate of drug-likeness (QED) is 0.912. The van der Waals surface area contributed by atoms with Crippen molar-refractivity contribution in [3.05, 3.63) is 53.6 Å². The highest BCUT2D eigenvalue weighted by molar-refractivity contribution is 7.92. The summed E-state index contributed by atoms with van der Waals surface area (Å²) in [6.07, 6.45) is 0. The van der Waals surface area contributed by atoms with E-state index >= 15 is 0 Å². The SMILES string of the molecule is CNc1ccc(S(=O)(=O)Nc2cc(F)c(C)cc2F)cc1. The van der Waals surface area contributed by atoms with Gasteiger partial charge in [0.25, 0.3) is 10.0 Å². The van der Waals surface area contributed by atoms with E-state index in [-0.39, 0.29) is 10.5 Å². The number of benzene rings is 2. The molecule has 0 unspecified atom stereocenters. The fraction of sp³-hybridized carbons (Fsp3) is 0.143. The Bertz CT molecular complexity index is 759. The van der Waals surface area contributed by atoms with Crippen LogP contribution in [0.15, 0.2) is 41.3 Å². The van der Waals surface area contributed by atoms with Crippen LogP contribution in [0.1, 0.15) is 5.56 Å². The molecule has 0 spiro atoms. The molecule has 2 aromatic rings. The molecule has 2 N–H and O–H groups in total. The van der Waals surface area contributed by atoms with Gasteiger partial charge in [-0.1, -0.05) is 0 Å². The Balaban J connectivity index is 2.34. The molecule has 7 heteroatoms. The number of hydrogen-bond donors (Lipinski definition) is 2. The smallest absolute Gasteiger partial charge is 0.261 e. The summed E-state index contributed by atoms with van der Waals surface area (Å²) in [6, 6.07) is 7.65. The summed E-state index contributed by atoms with van der Waals surface area (Å²) in [4.78, 5) is -0.0399. The molecule has 0 aromatic heterocycles. The molecule has 0 aliphatic carbocycles. The van der Waals surface area contributed by atoms with Crippen molar-refractivity contribution in [3.63, 3.8) is 0 Å². The zero-order chi connectivity index (χ0) is 15.6. The first-order chi connectivity index (χ1) is 9.83. The average Bonchev–Trinajstić information content (AvgIpc) is 2.44. The Kier molecular flexibility index (Phi) is 4.13. The molecular weight excluding hydrogens is 298 g/mol. The van der Waals surface area contributed by atoms with Crippen molar-refractivity contribution in [1.82, 2.24) is 0 Å². The van der Waals surface area contributed by atoms with E-state index in [4.69, 9.17) is 0 Å². The maximum absolute atomic E-state index is 13.7. The lowest BCUT2D eigenvalue weighted by Crippen LogP contribution is -2.14. The molecule has 0 radical (unpaired) electrons. The van der Waals surface area contributed by atoms with Gasteiger partial charge in [-0.05, 0) is 42.8 Å². The molecule has 0 bridgehead atoms. The number of nitrogens with one attached hydrogen (secondary N) is 2. The first-order valence-corrected chi connectivity index (χ1v) is 7.58. The Morgan fingerprint density at radius 2 is 1.62 bits per heavy atom. The van der Waals surface area contributed by atoms with E-state index in [0.29, 0.717) is 0 Å². The van der Waals surface area contributed by atoms with Crippen LogP contribution in [0.4, 0.5) is 20.2 Å². The van der Waals surface area contributed by atoms with Crippen LogP contribution >= 0.6 is 0 Å². The number of halogens is 2. The maximum atomic E-state index is 13.7. The van der Waals surface area contributed by atoms with Crippen LogP contribution < -0.4 is 10.0 Å². The largest absolute Gasteiger partial charge is 0.388 e. The summed E-state index contributed by atoms with van der Waals surface area (Å²) in [6.45, 7) is 1.40. The van der Waals surface area contributed by atoms with Gasteiger partial charge in [-0.3, -0.25) is 4.72 Å². The average molecular weight is 312 g/mol. The minimum Gasteiger partial charge on any atom is -0.388 e. The number of hydrogen-bond acceptors (Lipinski definition) is 3. The van der Waals surface area contributed by atoms with Crippen LogP contribution in [0.3, 0.4) is 0 Å². The monoisotopic (exact) mass is 312 g/mol. The second kappa shape index (κ2) is 5.69. The third kappa shape index (κ3) is 3.30. The van der Waals surface area contributed by atoms with Gasteiger partial charge < -0.3 is 5.32 Å². The lowest BCUT2D eigenvalue weighted by molar-refractivity contribution is 0.590. The van der Waals surface area contributed by atoms with Gasteiger partial charge in [0.15, 0.2) is 0 Å². The first-order valence-electron chi connectivity index (χ1n) is 6.10. The molecule has 0 fully saturated rings. The second-order valence-corrected chi connectivity index (χ2v) is 6.14. The van der Waals surface area contributed by atoms with E-state index in [1.165, 1.54) is 19.1 Å². The van der Waals surface area contributed by atoms with Gasteiger partial charge in [0.1, 0.15) is 11.6 Å². The molecule has 0 amide bonds. The van der Waals surface area contributed by atoms with Crippen molar-refractivity contribution >= 4 is 21.4 Å². The van der Waals surface area contributed by atoms with E-state index in [2.05, 4.69) is 5.32 Å². The molecule has 4 nitrogen and oxygen atoms in total. The van der Waals surface area contributed by atoms with Crippen LogP contribution in [-0.4, -0.2) is 15.5 Å². The van der Waals surface area contributed by atoms with E-state index in [1.807, 2.05) is 4.72 Å². The van der Waals surface area contributed by atoms with Gasteiger partial charge in [-0.25, -0.2) is 17.2 Å². The second-order valence-electron chi connectivity index (χ2n) is 4.46. The molecule has 0 saturated carbocycles. The van der Waals surface area contributed by atoms with E-state index in [0.717, 1.165) is 17.8 Å². The van der Waals surface area contributed by atoms with Crippen LogP contribution in [0.5, 0.6) is 0 Å². The highest BCUT2D eigenvalue weighted by Gasteiger charge is 2.17. The van der Waals surface area contributed by atoms with Crippen LogP contribution in [0, 0.1) is 18.6 Å². The molecule has 0 aliphatic heterocycles. The summed E-state index contributed by atoms with van der Waals surface area (Å²) in [5.41, 5.74) is 0.422. The Labute approximate surface area is 121 Å². The minimum absolute atomic E-state index is 0.0399. The zero-order valence-electron chi connectivity index (χ0n) is 11.4. The standard InChI is InChI=1S/C14H14F2N2O2S/c1-9-7-13(16)14(8-12(9)15)18-21(19,20)11-5-3-10(17-2)4-6-11/h3-8,17-18H,1-2H3. The van der Waals surface area contributed by atoms with Crippen LogP contribution in [0.25, 0.3) is 0 Å². The number of sulfonamides is 1. The van der Waals surface area contributed by atoms with Gasteiger partial charge in [0, 0.05) is 18.8 Å². The topological polar surface area (TPSA) is 58.2 Å². The highest BCUT2D eigenvalue weighted by atomic mass is 32.2. The van der Waals surface area contributed by atoms with Gasteiger partial charge in [-0.2, -0.15) is 0 Å². The number of rotatable bonds is 4. The van der Waals surface area contributed by atoms with E-state index in [1.54, 1.807) is 19.2 Å². The number of anilines is 2. The van der Waals surface area contributed by atoms with Crippen molar-refractivity contribution in [2.75, 3.05) is 17.1 Å². The first kappa shape index (κ1) is 15.2. The highest BCUT2D eigenvalue weighted by Crippen LogP contribution is 2.23. The summed E-state index contributed by atoms with van der Waals surface area (Å²) < 4.78 is 53.4. The Morgan fingerprint density at radius 1 is 1.00 bits per heavy atom. The van der Waals surface area contributed by atoms with Gasteiger partial charge in [-0.15, -0.1) is 0 Å². The van der Waals surface area contributed by atoms with Crippen molar-refractivity contribution < 1.29 is 17.2 Å². The van der Waals surface area contributed by atoms with Gasteiger partial charge in [0.2, 0.25) is 0 Å². The summed E-state index contributed by atoms with van der Waals surface area (Å²) in [7, 11) is -2.27. The minimum atomic E-state index is -3.97. The van der Waals surface area contributed by atoms with Gasteiger partial charge in [0.05, 0.1) is 10.6 Å². The van der Waals surface area contributed by atoms with Crippen molar-refractivity contribution in [1.29, 1.82) is 0 Å². The zero-order valence-corrected chi connectivity index (χ0v) is 12.3. The summed E-state index contributed by atoms with van der Waals surface area (Å²) in [5.74, 6) is -1.51.